The van der Waals surface area contributed by atoms with Crippen LogP contribution in [0.3, 0.4) is 0 Å². The minimum absolute atomic E-state index is 0.0187. The summed E-state index contributed by atoms with van der Waals surface area (Å²) in [4.78, 5) is 28.9. The molecule has 1 amide bonds. The normalized spacial score (nSPS) is 25.2. The molecule has 0 radical (unpaired) electrons. The monoisotopic (exact) mass is 358 g/mol. The van der Waals surface area contributed by atoms with E-state index in [0.717, 1.165) is 24.4 Å². The third-order valence-corrected chi connectivity index (χ3v) is 5.73. The van der Waals surface area contributed by atoms with E-state index in [1.165, 1.54) is 0 Å². The van der Waals surface area contributed by atoms with Crippen LogP contribution in [0, 0.1) is 11.3 Å². The van der Waals surface area contributed by atoms with Crippen molar-refractivity contribution < 1.29 is 19.4 Å². The van der Waals surface area contributed by atoms with Gasteiger partial charge in [0.2, 0.25) is 0 Å². The molecule has 2 fully saturated rings. The summed E-state index contributed by atoms with van der Waals surface area (Å²) in [6.07, 6.45) is 2.38. The van der Waals surface area contributed by atoms with Crippen molar-refractivity contribution in [2.75, 3.05) is 39.8 Å². The summed E-state index contributed by atoms with van der Waals surface area (Å²) < 4.78 is 5.33. The number of hydrogen-bond donors (Lipinski definition) is 1. The Labute approximate surface area is 154 Å². The van der Waals surface area contributed by atoms with Gasteiger partial charge in [0.15, 0.2) is 0 Å². The molecule has 6 heteroatoms. The van der Waals surface area contributed by atoms with Crippen molar-refractivity contribution in [1.82, 2.24) is 9.80 Å². The topological polar surface area (TPSA) is 70.1 Å². The lowest BCUT2D eigenvalue weighted by molar-refractivity contribution is -0.148. The number of rotatable bonds is 6. The average Bonchev–Trinajstić information content (AvgIpc) is 3.16. The van der Waals surface area contributed by atoms with E-state index in [-0.39, 0.29) is 18.4 Å². The number of methoxy groups -OCH3 is 1. The number of amides is 1. The van der Waals surface area contributed by atoms with Crippen LogP contribution in [0.15, 0.2) is 30.9 Å². The van der Waals surface area contributed by atoms with Crippen molar-refractivity contribution in [1.29, 1.82) is 0 Å². The van der Waals surface area contributed by atoms with Crippen LogP contribution < -0.4 is 4.74 Å². The molecule has 1 aromatic carbocycles. The first-order chi connectivity index (χ1) is 12.4. The predicted octanol–water partition coefficient (Wildman–Crippen LogP) is 1.90. The molecule has 0 aromatic heterocycles. The smallest absolute Gasteiger partial charge is 0.313 e. The van der Waals surface area contributed by atoms with Crippen molar-refractivity contribution in [2.45, 2.75) is 13.3 Å². The molecule has 0 bridgehead atoms. The number of ether oxygens (including phenoxy) is 1. The number of aliphatic carboxylic acids is 1. The number of carboxylic acid groups (broad SMARTS) is 1. The van der Waals surface area contributed by atoms with Crippen molar-refractivity contribution in [3.8, 4) is 5.75 Å². The Balaban J connectivity index is 1.83. The molecule has 26 heavy (non-hydrogen) atoms. The maximum absolute atomic E-state index is 13.0. The number of fused-ring (bicyclic) bond motifs is 1. The Kier molecular flexibility index (Phi) is 5.05. The molecule has 2 aliphatic heterocycles. The average molecular weight is 358 g/mol. The quantitative estimate of drug-likeness (QED) is 0.787. The summed E-state index contributed by atoms with van der Waals surface area (Å²) in [6.45, 7) is 8.62. The second-order valence-electron chi connectivity index (χ2n) is 7.19. The molecule has 2 heterocycles. The lowest BCUT2D eigenvalue weighted by Gasteiger charge is -2.25. The van der Waals surface area contributed by atoms with Gasteiger partial charge in [0.05, 0.1) is 7.11 Å². The van der Waals surface area contributed by atoms with Gasteiger partial charge in [0, 0.05) is 37.7 Å². The molecular weight excluding hydrogens is 332 g/mol. The van der Waals surface area contributed by atoms with Crippen LogP contribution in [0.2, 0.25) is 0 Å². The molecule has 3 rings (SSSR count). The first-order valence-electron chi connectivity index (χ1n) is 8.98. The van der Waals surface area contributed by atoms with E-state index in [1.54, 1.807) is 30.2 Å². The zero-order valence-corrected chi connectivity index (χ0v) is 15.4. The lowest BCUT2D eigenvalue weighted by atomic mass is 9.81. The lowest BCUT2D eigenvalue weighted by Crippen LogP contribution is -2.42. The number of hydrogen-bond acceptors (Lipinski definition) is 4. The van der Waals surface area contributed by atoms with Gasteiger partial charge in [0.25, 0.3) is 5.91 Å². The minimum atomic E-state index is -0.845. The number of benzene rings is 1. The van der Waals surface area contributed by atoms with Crippen LogP contribution in [-0.4, -0.2) is 66.6 Å². The summed E-state index contributed by atoms with van der Waals surface area (Å²) in [5, 5.41) is 9.85. The largest absolute Gasteiger partial charge is 0.496 e. The van der Waals surface area contributed by atoms with Crippen LogP contribution in [0.25, 0.3) is 0 Å². The highest BCUT2D eigenvalue weighted by molar-refractivity contribution is 5.95. The molecule has 2 saturated heterocycles. The maximum atomic E-state index is 13.0. The highest BCUT2D eigenvalue weighted by Gasteiger charge is 2.58. The van der Waals surface area contributed by atoms with Gasteiger partial charge in [-0.15, -0.1) is 6.58 Å². The van der Waals surface area contributed by atoms with Gasteiger partial charge >= 0.3 is 5.97 Å². The van der Waals surface area contributed by atoms with E-state index in [4.69, 9.17) is 4.74 Å². The van der Waals surface area contributed by atoms with E-state index in [1.807, 2.05) is 13.0 Å². The van der Waals surface area contributed by atoms with Crippen LogP contribution in [-0.2, 0) is 11.2 Å². The molecule has 0 unspecified atom stereocenters. The minimum Gasteiger partial charge on any atom is -0.496 e. The number of nitrogens with zero attached hydrogens (tertiary/aromatic N) is 2. The van der Waals surface area contributed by atoms with Gasteiger partial charge < -0.3 is 19.6 Å². The van der Waals surface area contributed by atoms with E-state index in [0.29, 0.717) is 25.1 Å². The van der Waals surface area contributed by atoms with E-state index < -0.39 is 11.4 Å². The fourth-order valence-electron chi connectivity index (χ4n) is 4.28. The van der Waals surface area contributed by atoms with Crippen molar-refractivity contribution in [3.63, 3.8) is 0 Å². The van der Waals surface area contributed by atoms with Crippen molar-refractivity contribution in [2.24, 2.45) is 11.3 Å². The molecule has 2 aliphatic rings. The highest BCUT2D eigenvalue weighted by atomic mass is 16.5. The van der Waals surface area contributed by atoms with Crippen molar-refractivity contribution >= 4 is 11.9 Å². The van der Waals surface area contributed by atoms with E-state index >= 15 is 0 Å². The Hall–Kier alpha value is -2.34. The van der Waals surface area contributed by atoms with Gasteiger partial charge in [-0.05, 0) is 36.7 Å². The Morgan fingerprint density at radius 3 is 2.73 bits per heavy atom. The van der Waals surface area contributed by atoms with Crippen LogP contribution in [0.1, 0.15) is 22.8 Å². The fraction of sp³-hybridized carbons (Fsp3) is 0.500. The SMILES string of the molecule is C=CCc1cc(C(=O)N2C[C@H]3CN(CC)C[C@@]3(C(=O)O)C2)ccc1OC. The molecule has 0 aliphatic carbocycles. The van der Waals surface area contributed by atoms with Gasteiger partial charge in [-0.2, -0.15) is 0 Å². The summed E-state index contributed by atoms with van der Waals surface area (Å²) in [7, 11) is 1.60. The third kappa shape index (κ3) is 2.98. The second-order valence-corrected chi connectivity index (χ2v) is 7.19. The number of allylic oxidation sites excluding steroid dienone is 1. The number of likely N-dealkylation sites (tertiary alicyclic amines) is 2. The molecule has 140 valence electrons. The van der Waals surface area contributed by atoms with Crippen LogP contribution in [0.5, 0.6) is 5.75 Å². The van der Waals surface area contributed by atoms with Gasteiger partial charge in [0.1, 0.15) is 11.2 Å². The maximum Gasteiger partial charge on any atom is 0.313 e. The van der Waals surface area contributed by atoms with Crippen molar-refractivity contribution in [3.05, 3.63) is 42.0 Å². The molecule has 1 aromatic rings. The Morgan fingerprint density at radius 2 is 2.15 bits per heavy atom. The van der Waals surface area contributed by atoms with Gasteiger partial charge in [-0.1, -0.05) is 13.0 Å². The Morgan fingerprint density at radius 1 is 1.38 bits per heavy atom. The van der Waals surface area contributed by atoms with Crippen LogP contribution >= 0.6 is 0 Å². The standard InChI is InChI=1S/C20H26N2O4/c1-4-6-14-9-15(7-8-17(14)26-3)18(23)22-11-16-10-21(5-2)12-20(16,13-22)19(24)25/h4,7-9,16H,1,5-6,10-13H2,2-3H3,(H,24,25)/t16-,20-/m1/s1. The second kappa shape index (κ2) is 7.11. The number of carbonyl (C=O) groups excluding carboxylic acids is 1. The zero-order valence-electron chi connectivity index (χ0n) is 15.4. The highest BCUT2D eigenvalue weighted by Crippen LogP contribution is 2.43. The van der Waals surface area contributed by atoms with Gasteiger partial charge in [-0.3, -0.25) is 9.59 Å². The molecular formula is C20H26N2O4. The number of carbonyl (C=O) groups is 2. The summed E-state index contributed by atoms with van der Waals surface area (Å²) in [5.41, 5.74) is 0.621. The zero-order chi connectivity index (χ0) is 18.9. The first kappa shape index (κ1) is 18.5. The first-order valence-corrected chi connectivity index (χ1v) is 8.98. The van der Waals surface area contributed by atoms with Crippen LogP contribution in [0.4, 0.5) is 0 Å². The summed E-state index contributed by atoms with van der Waals surface area (Å²) in [6, 6.07) is 5.35. The summed E-state index contributed by atoms with van der Waals surface area (Å²) >= 11 is 0. The predicted molar refractivity (Wildman–Crippen MR) is 98.5 cm³/mol. The van der Waals surface area contributed by atoms with E-state index in [2.05, 4.69) is 11.5 Å². The molecule has 0 spiro atoms. The fourth-order valence-corrected chi connectivity index (χ4v) is 4.28. The van der Waals surface area contributed by atoms with Gasteiger partial charge in [-0.25, -0.2) is 0 Å². The molecule has 0 saturated carbocycles. The third-order valence-electron chi connectivity index (χ3n) is 5.73. The molecule has 6 nitrogen and oxygen atoms in total. The molecule has 2 atom stereocenters. The Bertz CT molecular complexity index is 733. The van der Waals surface area contributed by atoms with E-state index in [9.17, 15) is 14.7 Å². The summed E-state index contributed by atoms with van der Waals surface area (Å²) in [5.74, 6) is -0.206. The molecule has 1 N–H and O–H groups in total. The number of carboxylic acids is 1.